The zero-order valence-corrected chi connectivity index (χ0v) is 16.9. The monoisotopic (exact) mass is 377 g/mol. The first-order chi connectivity index (χ1) is 12.3. The van der Waals surface area contributed by atoms with E-state index in [1.54, 1.807) is 17.9 Å². The van der Waals surface area contributed by atoms with Crippen LogP contribution in [-0.2, 0) is 22.7 Å². The molecule has 1 heterocycles. The Morgan fingerprint density at radius 2 is 1.69 bits per heavy atom. The molecule has 0 atom stereocenters. The lowest BCUT2D eigenvalue weighted by Gasteiger charge is -2.17. The van der Waals surface area contributed by atoms with Crippen LogP contribution in [0.25, 0.3) is 0 Å². The zero-order chi connectivity index (χ0) is 19.5. The summed E-state index contributed by atoms with van der Waals surface area (Å²) in [7, 11) is -3.81. The Hall–Kier alpha value is -2.15. The van der Waals surface area contributed by atoms with Crippen LogP contribution >= 0.6 is 0 Å². The van der Waals surface area contributed by atoms with E-state index in [0.717, 1.165) is 10.2 Å². The number of hydrogen-bond acceptors (Lipinski definition) is 4. The van der Waals surface area contributed by atoms with E-state index in [0.29, 0.717) is 42.0 Å². The van der Waals surface area contributed by atoms with Crippen LogP contribution in [0.2, 0.25) is 0 Å². The molecule has 0 aliphatic rings. The maximum atomic E-state index is 13.4. The van der Waals surface area contributed by atoms with Crippen molar-refractivity contribution in [3.8, 4) is 0 Å². The van der Waals surface area contributed by atoms with Gasteiger partial charge in [0.25, 0.3) is 0 Å². The van der Waals surface area contributed by atoms with Gasteiger partial charge in [0.15, 0.2) is 5.03 Å². The zero-order valence-electron chi connectivity index (χ0n) is 16.1. The maximum absolute atomic E-state index is 13.4. The molecule has 2 rings (SSSR count). The molecule has 6 nitrogen and oxygen atoms in total. The first-order valence-electron chi connectivity index (χ1n) is 9.03. The molecule has 0 N–H and O–H groups in total. The minimum Gasteiger partial charge on any atom is -0.323 e. The fourth-order valence-corrected chi connectivity index (χ4v) is 5.05. The number of nitrogens with zero attached hydrogens (tertiary/aromatic N) is 3. The summed E-state index contributed by atoms with van der Waals surface area (Å²) in [5.74, 6) is 0. The summed E-state index contributed by atoms with van der Waals surface area (Å²) in [5, 5.41) is 4.18. The standard InChI is InChI=1S/C19H27N3O3S/c1-6-15-12-10-11-14(5)17(15)26(24,25)18-16(7-2)13-22(20-18)19(23)21(8-3)9-4/h10-13H,6-9H2,1-5H3. The summed E-state index contributed by atoms with van der Waals surface area (Å²) in [4.78, 5) is 14.5. The van der Waals surface area contributed by atoms with Crippen molar-refractivity contribution in [2.75, 3.05) is 13.1 Å². The van der Waals surface area contributed by atoms with Crippen molar-refractivity contribution in [2.24, 2.45) is 0 Å². The molecule has 0 fully saturated rings. The van der Waals surface area contributed by atoms with Gasteiger partial charge in [-0.25, -0.2) is 13.2 Å². The summed E-state index contributed by atoms with van der Waals surface area (Å²) < 4.78 is 27.9. The van der Waals surface area contributed by atoms with Crippen LogP contribution in [0.1, 0.15) is 44.4 Å². The lowest BCUT2D eigenvalue weighted by molar-refractivity contribution is 0.201. The number of carbonyl (C=O) groups is 1. The Morgan fingerprint density at radius 1 is 1.08 bits per heavy atom. The highest BCUT2D eigenvalue weighted by molar-refractivity contribution is 7.91. The molecule has 0 bridgehead atoms. The fraction of sp³-hybridized carbons (Fsp3) is 0.474. The SMILES string of the molecule is CCc1cn(C(=O)N(CC)CC)nc1S(=O)(=O)c1c(C)cccc1CC. The fourth-order valence-electron chi connectivity index (χ4n) is 3.07. The molecule has 7 heteroatoms. The van der Waals surface area contributed by atoms with Gasteiger partial charge in [0.2, 0.25) is 9.84 Å². The van der Waals surface area contributed by atoms with Gasteiger partial charge in [-0.05, 0) is 44.7 Å². The van der Waals surface area contributed by atoms with Gasteiger partial charge in [0.05, 0.1) is 4.90 Å². The third-order valence-corrected chi connectivity index (χ3v) is 6.53. The number of aryl methyl sites for hydroxylation is 3. The van der Waals surface area contributed by atoms with Gasteiger partial charge in [-0.15, -0.1) is 0 Å². The Labute approximate surface area is 155 Å². The van der Waals surface area contributed by atoms with Crippen LogP contribution in [0, 0.1) is 6.92 Å². The summed E-state index contributed by atoms with van der Waals surface area (Å²) in [5.41, 5.74) is 2.00. The van der Waals surface area contributed by atoms with E-state index in [-0.39, 0.29) is 11.1 Å². The Balaban J connectivity index is 2.63. The van der Waals surface area contributed by atoms with Crippen molar-refractivity contribution < 1.29 is 13.2 Å². The molecular formula is C19H27N3O3S. The highest BCUT2D eigenvalue weighted by atomic mass is 32.2. The molecule has 0 aliphatic heterocycles. The molecule has 0 saturated carbocycles. The molecule has 0 unspecified atom stereocenters. The lowest BCUT2D eigenvalue weighted by Crippen LogP contribution is -2.34. The van der Waals surface area contributed by atoms with E-state index in [2.05, 4.69) is 5.10 Å². The molecule has 0 saturated heterocycles. The van der Waals surface area contributed by atoms with Crippen LogP contribution in [-0.4, -0.2) is 42.2 Å². The Morgan fingerprint density at radius 3 is 2.23 bits per heavy atom. The van der Waals surface area contributed by atoms with Crippen LogP contribution in [0.3, 0.4) is 0 Å². The quantitative estimate of drug-likeness (QED) is 0.773. The number of benzene rings is 1. The molecule has 2 aromatic rings. The first kappa shape index (κ1) is 20.2. The second kappa shape index (κ2) is 8.03. The van der Waals surface area contributed by atoms with E-state index >= 15 is 0 Å². The number of carbonyl (C=O) groups excluding carboxylic acids is 1. The predicted molar refractivity (Wildman–Crippen MR) is 101 cm³/mol. The summed E-state index contributed by atoms with van der Waals surface area (Å²) in [6.07, 6.45) is 2.63. The van der Waals surface area contributed by atoms with E-state index < -0.39 is 9.84 Å². The number of aromatic nitrogens is 2. The van der Waals surface area contributed by atoms with Crippen molar-refractivity contribution in [3.05, 3.63) is 41.1 Å². The summed E-state index contributed by atoms with van der Waals surface area (Å²) in [6.45, 7) is 10.4. The minimum atomic E-state index is -3.81. The molecule has 142 valence electrons. The van der Waals surface area contributed by atoms with Gasteiger partial charge in [0.1, 0.15) is 0 Å². The second-order valence-electron chi connectivity index (χ2n) is 6.13. The average molecular weight is 378 g/mol. The van der Waals surface area contributed by atoms with E-state index in [4.69, 9.17) is 0 Å². The van der Waals surface area contributed by atoms with Crippen LogP contribution < -0.4 is 0 Å². The molecule has 1 amide bonds. The third kappa shape index (κ3) is 3.53. The van der Waals surface area contributed by atoms with Gasteiger partial charge in [0, 0.05) is 24.8 Å². The van der Waals surface area contributed by atoms with Crippen molar-refractivity contribution in [1.82, 2.24) is 14.7 Å². The first-order valence-corrected chi connectivity index (χ1v) is 10.5. The number of sulfone groups is 1. The van der Waals surface area contributed by atoms with E-state index in [1.165, 1.54) is 6.20 Å². The largest absolute Gasteiger partial charge is 0.344 e. The average Bonchev–Trinajstić information content (AvgIpc) is 3.07. The van der Waals surface area contributed by atoms with Gasteiger partial charge in [-0.3, -0.25) is 0 Å². The molecule has 0 spiro atoms. The number of amides is 1. The molecule has 1 aromatic carbocycles. The molecule has 0 aliphatic carbocycles. The van der Waals surface area contributed by atoms with E-state index in [9.17, 15) is 13.2 Å². The van der Waals surface area contributed by atoms with Gasteiger partial charge in [-0.2, -0.15) is 9.78 Å². The van der Waals surface area contributed by atoms with Crippen molar-refractivity contribution in [3.63, 3.8) is 0 Å². The normalized spacial score (nSPS) is 11.6. The lowest BCUT2D eigenvalue weighted by atomic mass is 10.1. The Kier molecular flexibility index (Phi) is 6.23. The minimum absolute atomic E-state index is 0.0236. The van der Waals surface area contributed by atoms with Crippen molar-refractivity contribution >= 4 is 15.9 Å². The number of rotatable bonds is 6. The number of hydrogen-bond donors (Lipinski definition) is 0. The topological polar surface area (TPSA) is 72.3 Å². The van der Waals surface area contributed by atoms with Crippen molar-refractivity contribution in [1.29, 1.82) is 0 Å². The maximum Gasteiger partial charge on any atom is 0.344 e. The van der Waals surface area contributed by atoms with Gasteiger partial charge in [-0.1, -0.05) is 32.0 Å². The van der Waals surface area contributed by atoms with Crippen LogP contribution in [0.4, 0.5) is 4.79 Å². The van der Waals surface area contributed by atoms with Gasteiger partial charge >= 0.3 is 6.03 Å². The molecular weight excluding hydrogens is 350 g/mol. The van der Waals surface area contributed by atoms with Crippen LogP contribution in [0.15, 0.2) is 34.3 Å². The second-order valence-corrected chi connectivity index (χ2v) is 7.93. The van der Waals surface area contributed by atoms with Gasteiger partial charge < -0.3 is 4.90 Å². The summed E-state index contributed by atoms with van der Waals surface area (Å²) >= 11 is 0. The molecule has 0 radical (unpaired) electrons. The van der Waals surface area contributed by atoms with E-state index in [1.807, 2.05) is 39.8 Å². The smallest absolute Gasteiger partial charge is 0.323 e. The third-order valence-electron chi connectivity index (χ3n) is 4.56. The Bertz CT molecular complexity index is 897. The molecule has 26 heavy (non-hydrogen) atoms. The van der Waals surface area contributed by atoms with Crippen LogP contribution in [0.5, 0.6) is 0 Å². The predicted octanol–water partition coefficient (Wildman–Crippen LogP) is 3.46. The molecule has 1 aromatic heterocycles. The summed E-state index contributed by atoms with van der Waals surface area (Å²) in [6, 6.07) is 5.15. The highest BCUT2D eigenvalue weighted by Gasteiger charge is 2.29. The highest BCUT2D eigenvalue weighted by Crippen LogP contribution is 2.29. The van der Waals surface area contributed by atoms with Crippen molar-refractivity contribution in [2.45, 2.75) is 57.4 Å².